The van der Waals surface area contributed by atoms with Crippen molar-refractivity contribution in [1.82, 2.24) is 4.98 Å². The molecular weight excluding hydrogens is 185 g/mol. The molecule has 1 heterocycles. The van der Waals surface area contributed by atoms with E-state index >= 15 is 0 Å². The minimum Gasteiger partial charge on any atom is -0.298 e. The van der Waals surface area contributed by atoms with Crippen molar-refractivity contribution in [1.29, 1.82) is 0 Å². The minimum atomic E-state index is 0.149. The number of hydrogen-bond donors (Lipinski definition) is 0. The number of hydrogen-bond acceptors (Lipinski definition) is 2. The molecule has 0 amide bonds. The van der Waals surface area contributed by atoms with E-state index in [1.807, 2.05) is 0 Å². The fraction of sp³-hybridized carbons (Fsp3) is 0.143. The third-order valence-electron chi connectivity index (χ3n) is 1.29. The lowest BCUT2D eigenvalue weighted by Crippen LogP contribution is -1.90. The van der Waals surface area contributed by atoms with Crippen molar-refractivity contribution >= 4 is 29.5 Å². The maximum Gasteiger partial charge on any atom is 0.154 e. The number of carbonyl (C=O) groups is 1. The molecule has 1 aromatic rings. The molecule has 0 fully saturated rings. The molecule has 0 N–H and O–H groups in total. The van der Waals surface area contributed by atoms with Gasteiger partial charge in [-0.25, -0.2) is 4.98 Å². The van der Waals surface area contributed by atoms with Crippen LogP contribution in [0.3, 0.4) is 0 Å². The van der Waals surface area contributed by atoms with Gasteiger partial charge >= 0.3 is 0 Å². The van der Waals surface area contributed by atoms with Gasteiger partial charge in [0, 0.05) is 6.20 Å². The van der Waals surface area contributed by atoms with Crippen molar-refractivity contribution in [2.24, 2.45) is 0 Å². The van der Waals surface area contributed by atoms with Gasteiger partial charge in [0.2, 0.25) is 0 Å². The van der Waals surface area contributed by atoms with E-state index in [0.29, 0.717) is 11.3 Å². The van der Waals surface area contributed by atoms with Gasteiger partial charge in [-0.3, -0.25) is 4.79 Å². The molecular formula is C7H5Cl2NO. The number of aldehydes is 1. The van der Waals surface area contributed by atoms with E-state index < -0.39 is 0 Å². The van der Waals surface area contributed by atoms with Gasteiger partial charge in [-0.1, -0.05) is 23.2 Å². The van der Waals surface area contributed by atoms with Gasteiger partial charge in [-0.15, -0.1) is 0 Å². The van der Waals surface area contributed by atoms with Crippen molar-refractivity contribution in [3.05, 3.63) is 27.5 Å². The van der Waals surface area contributed by atoms with Crippen molar-refractivity contribution < 1.29 is 4.79 Å². The molecule has 0 saturated heterocycles. The van der Waals surface area contributed by atoms with Crippen LogP contribution in [0, 0.1) is 6.92 Å². The lowest BCUT2D eigenvalue weighted by Gasteiger charge is -2.00. The summed E-state index contributed by atoms with van der Waals surface area (Å²) >= 11 is 11.3. The molecule has 0 aliphatic rings. The summed E-state index contributed by atoms with van der Waals surface area (Å²) in [5.41, 5.74) is 1.01. The Labute approximate surface area is 74.1 Å². The van der Waals surface area contributed by atoms with Gasteiger partial charge in [0.15, 0.2) is 6.29 Å². The maximum atomic E-state index is 10.4. The second kappa shape index (κ2) is 3.20. The number of rotatable bonds is 1. The summed E-state index contributed by atoms with van der Waals surface area (Å²) < 4.78 is 0. The molecule has 0 unspecified atom stereocenters. The van der Waals surface area contributed by atoms with Crippen LogP contribution in [0.5, 0.6) is 0 Å². The first-order valence-electron chi connectivity index (χ1n) is 2.92. The predicted octanol–water partition coefficient (Wildman–Crippen LogP) is 2.51. The van der Waals surface area contributed by atoms with Gasteiger partial charge in [-0.2, -0.15) is 0 Å². The van der Waals surface area contributed by atoms with E-state index in [1.165, 1.54) is 6.20 Å². The smallest absolute Gasteiger partial charge is 0.154 e. The van der Waals surface area contributed by atoms with Crippen LogP contribution in [0.15, 0.2) is 6.20 Å². The molecule has 1 rings (SSSR count). The van der Waals surface area contributed by atoms with Gasteiger partial charge in [0.05, 0.1) is 10.6 Å². The number of carbonyl (C=O) groups excluding carboxylic acids is 1. The molecule has 0 aliphatic heterocycles. The van der Waals surface area contributed by atoms with Gasteiger partial charge in [0.1, 0.15) is 5.15 Å². The SMILES string of the molecule is Cc1cnc(Cl)c(C=O)c1Cl. The summed E-state index contributed by atoms with van der Waals surface area (Å²) in [7, 11) is 0. The number of aryl methyl sites for hydroxylation is 1. The highest BCUT2D eigenvalue weighted by atomic mass is 35.5. The molecule has 0 saturated carbocycles. The van der Waals surface area contributed by atoms with Crippen LogP contribution in [-0.4, -0.2) is 11.3 Å². The van der Waals surface area contributed by atoms with Crippen LogP contribution in [0.1, 0.15) is 15.9 Å². The standard InChI is InChI=1S/C7H5Cl2NO/c1-4-2-10-7(9)5(3-11)6(4)8/h2-3H,1H3. The van der Waals surface area contributed by atoms with Crippen LogP contribution in [-0.2, 0) is 0 Å². The zero-order valence-electron chi connectivity index (χ0n) is 5.77. The Hall–Kier alpha value is -0.600. The average Bonchev–Trinajstić information content (AvgIpc) is 1.99. The Morgan fingerprint density at radius 1 is 1.55 bits per heavy atom. The maximum absolute atomic E-state index is 10.4. The Balaban J connectivity index is 3.40. The molecule has 0 spiro atoms. The van der Waals surface area contributed by atoms with Crippen LogP contribution < -0.4 is 0 Å². The van der Waals surface area contributed by atoms with Crippen LogP contribution >= 0.6 is 23.2 Å². The fourth-order valence-electron chi connectivity index (χ4n) is 0.683. The van der Waals surface area contributed by atoms with Crippen LogP contribution in [0.25, 0.3) is 0 Å². The summed E-state index contributed by atoms with van der Waals surface area (Å²) in [4.78, 5) is 14.2. The lowest BCUT2D eigenvalue weighted by atomic mass is 10.2. The second-order valence-corrected chi connectivity index (χ2v) is 2.81. The van der Waals surface area contributed by atoms with Gasteiger partial charge < -0.3 is 0 Å². The Morgan fingerprint density at radius 2 is 2.18 bits per heavy atom. The third kappa shape index (κ3) is 1.52. The molecule has 0 atom stereocenters. The normalized spacial score (nSPS) is 9.73. The quantitative estimate of drug-likeness (QED) is 0.503. The number of nitrogens with zero attached hydrogens (tertiary/aromatic N) is 1. The first-order chi connectivity index (χ1) is 5.16. The molecule has 0 aromatic carbocycles. The van der Waals surface area contributed by atoms with Gasteiger partial charge in [-0.05, 0) is 12.5 Å². The summed E-state index contributed by atoms with van der Waals surface area (Å²) in [5.74, 6) is 0. The highest BCUT2D eigenvalue weighted by Gasteiger charge is 2.07. The predicted molar refractivity (Wildman–Crippen MR) is 44.4 cm³/mol. The van der Waals surface area contributed by atoms with E-state index in [1.54, 1.807) is 6.92 Å². The number of aromatic nitrogens is 1. The Bertz CT molecular complexity index is 299. The molecule has 2 nitrogen and oxygen atoms in total. The van der Waals surface area contributed by atoms with E-state index in [9.17, 15) is 4.79 Å². The minimum absolute atomic E-state index is 0.149. The van der Waals surface area contributed by atoms with Crippen LogP contribution in [0.4, 0.5) is 0 Å². The van der Waals surface area contributed by atoms with Gasteiger partial charge in [0.25, 0.3) is 0 Å². The first kappa shape index (κ1) is 8.50. The summed E-state index contributed by atoms with van der Waals surface area (Å²) in [6.45, 7) is 1.76. The van der Waals surface area contributed by atoms with Crippen molar-refractivity contribution in [3.8, 4) is 0 Å². The highest BCUT2D eigenvalue weighted by molar-refractivity contribution is 6.38. The molecule has 1 aromatic heterocycles. The van der Waals surface area contributed by atoms with E-state index in [-0.39, 0.29) is 10.7 Å². The number of pyridine rings is 1. The zero-order valence-corrected chi connectivity index (χ0v) is 7.28. The first-order valence-corrected chi connectivity index (χ1v) is 3.68. The third-order valence-corrected chi connectivity index (χ3v) is 2.10. The van der Waals surface area contributed by atoms with E-state index in [2.05, 4.69) is 4.98 Å². The van der Waals surface area contributed by atoms with E-state index in [0.717, 1.165) is 5.56 Å². The Kier molecular flexibility index (Phi) is 2.47. The average molecular weight is 190 g/mol. The largest absolute Gasteiger partial charge is 0.298 e. The summed E-state index contributed by atoms with van der Waals surface area (Å²) in [5, 5.41) is 0.524. The summed E-state index contributed by atoms with van der Waals surface area (Å²) in [6, 6.07) is 0. The number of halogens is 2. The van der Waals surface area contributed by atoms with Crippen molar-refractivity contribution in [2.75, 3.05) is 0 Å². The molecule has 4 heteroatoms. The molecule has 0 radical (unpaired) electrons. The topological polar surface area (TPSA) is 30.0 Å². The fourth-order valence-corrected chi connectivity index (χ4v) is 1.10. The molecule has 58 valence electrons. The second-order valence-electron chi connectivity index (χ2n) is 2.08. The van der Waals surface area contributed by atoms with Crippen LogP contribution in [0.2, 0.25) is 10.2 Å². The Morgan fingerprint density at radius 3 is 2.64 bits per heavy atom. The monoisotopic (exact) mass is 189 g/mol. The molecule has 0 bridgehead atoms. The van der Waals surface area contributed by atoms with Crippen molar-refractivity contribution in [2.45, 2.75) is 6.92 Å². The van der Waals surface area contributed by atoms with Crippen molar-refractivity contribution in [3.63, 3.8) is 0 Å². The van der Waals surface area contributed by atoms with E-state index in [4.69, 9.17) is 23.2 Å². The summed E-state index contributed by atoms with van der Waals surface area (Å²) in [6.07, 6.45) is 2.13. The lowest BCUT2D eigenvalue weighted by molar-refractivity contribution is 0.112. The molecule has 11 heavy (non-hydrogen) atoms. The highest BCUT2D eigenvalue weighted by Crippen LogP contribution is 2.23. The zero-order chi connectivity index (χ0) is 8.43. The molecule has 0 aliphatic carbocycles.